The van der Waals surface area contributed by atoms with Crippen LogP contribution in [-0.2, 0) is 11.5 Å². The van der Waals surface area contributed by atoms with E-state index < -0.39 is 0 Å². The lowest BCUT2D eigenvalue weighted by Gasteiger charge is -2.21. The highest BCUT2D eigenvalue weighted by Crippen LogP contribution is 2.37. The topological polar surface area (TPSA) is 53.3 Å². The Bertz CT molecular complexity index is 885. The Balaban J connectivity index is 1.84. The molecule has 5 heteroatoms. The summed E-state index contributed by atoms with van der Waals surface area (Å²) in [5, 5.41) is 0. The molecule has 5 nitrogen and oxygen atoms in total. The summed E-state index contributed by atoms with van der Waals surface area (Å²) in [5.41, 5.74) is 3.33. The minimum atomic E-state index is -0.375. The van der Waals surface area contributed by atoms with Gasteiger partial charge in [0.2, 0.25) is 0 Å². The highest BCUT2D eigenvalue weighted by atomic mass is 16.5. The van der Waals surface area contributed by atoms with Crippen LogP contribution in [0.15, 0.2) is 54.7 Å². The summed E-state index contributed by atoms with van der Waals surface area (Å²) < 4.78 is 12.6. The molecule has 23 heavy (non-hydrogen) atoms. The van der Waals surface area contributed by atoms with Crippen LogP contribution >= 0.6 is 0 Å². The first-order valence-corrected chi connectivity index (χ1v) is 7.24. The molecule has 0 N–H and O–H groups in total. The maximum absolute atomic E-state index is 11.7. The number of aromatic nitrogens is 2. The van der Waals surface area contributed by atoms with E-state index in [9.17, 15) is 4.79 Å². The number of carbonyl (C=O) groups excluding carboxylic acids is 1. The highest BCUT2D eigenvalue weighted by molar-refractivity contribution is 5.91. The van der Waals surface area contributed by atoms with E-state index in [2.05, 4.69) is 4.98 Å². The van der Waals surface area contributed by atoms with Gasteiger partial charge < -0.3 is 9.47 Å². The molecule has 2 aromatic carbocycles. The van der Waals surface area contributed by atoms with E-state index in [4.69, 9.17) is 9.47 Å². The number of carbonyl (C=O) groups is 1. The fourth-order valence-electron chi connectivity index (χ4n) is 2.77. The highest BCUT2D eigenvalue weighted by Gasteiger charge is 2.23. The van der Waals surface area contributed by atoms with E-state index in [0.29, 0.717) is 12.3 Å². The summed E-state index contributed by atoms with van der Waals surface area (Å²) in [6, 6.07) is 15.3. The summed E-state index contributed by atoms with van der Waals surface area (Å²) in [7, 11) is 1.37. The second-order valence-corrected chi connectivity index (χ2v) is 5.24. The molecule has 0 bridgehead atoms. The number of nitrogens with zero attached hydrogens (tertiary/aromatic N) is 2. The molecule has 0 radical (unpaired) electrons. The molecule has 0 aliphatic carbocycles. The number of esters is 1. The van der Waals surface area contributed by atoms with Gasteiger partial charge in [-0.3, -0.25) is 4.57 Å². The SMILES string of the molecule is COC(=O)c1ccc2c(c1)-c1ncc(-c3ccccc3)n1CO2. The summed E-state index contributed by atoms with van der Waals surface area (Å²) in [5.74, 6) is 1.13. The van der Waals surface area contributed by atoms with Crippen molar-refractivity contribution in [2.24, 2.45) is 0 Å². The third-order valence-corrected chi connectivity index (χ3v) is 3.92. The molecule has 1 aliphatic rings. The van der Waals surface area contributed by atoms with E-state index in [1.807, 2.05) is 41.1 Å². The number of rotatable bonds is 2. The normalized spacial score (nSPS) is 12.0. The smallest absolute Gasteiger partial charge is 0.337 e. The lowest BCUT2D eigenvalue weighted by molar-refractivity contribution is 0.0600. The summed E-state index contributed by atoms with van der Waals surface area (Å²) in [6.45, 7) is 0.393. The first-order valence-electron chi connectivity index (χ1n) is 7.24. The molecular weight excluding hydrogens is 292 g/mol. The van der Waals surface area contributed by atoms with Gasteiger partial charge in [0.15, 0.2) is 6.73 Å². The number of methoxy groups -OCH3 is 1. The standard InChI is InChI=1S/C18H14N2O3/c1-22-18(21)13-7-8-16-14(9-13)17-19-10-15(20(17)11-23-16)12-5-3-2-4-6-12/h2-10H,11H2,1H3. The lowest BCUT2D eigenvalue weighted by atomic mass is 10.1. The van der Waals surface area contributed by atoms with Crippen LogP contribution in [0.3, 0.4) is 0 Å². The van der Waals surface area contributed by atoms with Gasteiger partial charge in [-0.25, -0.2) is 9.78 Å². The Morgan fingerprint density at radius 3 is 2.83 bits per heavy atom. The third kappa shape index (κ3) is 2.17. The van der Waals surface area contributed by atoms with Crippen LogP contribution in [0.25, 0.3) is 22.6 Å². The first kappa shape index (κ1) is 13.6. The quantitative estimate of drug-likeness (QED) is 0.681. The molecule has 114 valence electrons. The van der Waals surface area contributed by atoms with Crippen LogP contribution < -0.4 is 4.74 Å². The van der Waals surface area contributed by atoms with Gasteiger partial charge >= 0.3 is 5.97 Å². The number of hydrogen-bond donors (Lipinski definition) is 0. The van der Waals surface area contributed by atoms with Crippen molar-refractivity contribution >= 4 is 5.97 Å². The zero-order chi connectivity index (χ0) is 15.8. The van der Waals surface area contributed by atoms with Gasteiger partial charge in [-0.2, -0.15) is 0 Å². The molecule has 0 amide bonds. The van der Waals surface area contributed by atoms with Crippen LogP contribution in [0.2, 0.25) is 0 Å². The van der Waals surface area contributed by atoms with E-state index in [1.54, 1.807) is 18.2 Å². The molecule has 1 aromatic heterocycles. The molecule has 3 aromatic rings. The van der Waals surface area contributed by atoms with Crippen molar-refractivity contribution in [3.05, 3.63) is 60.3 Å². The van der Waals surface area contributed by atoms with Crippen LogP contribution in [0.5, 0.6) is 5.75 Å². The fraction of sp³-hybridized carbons (Fsp3) is 0.111. The average molecular weight is 306 g/mol. The zero-order valence-electron chi connectivity index (χ0n) is 12.5. The third-order valence-electron chi connectivity index (χ3n) is 3.92. The van der Waals surface area contributed by atoms with Crippen LogP contribution in [0.1, 0.15) is 10.4 Å². The number of benzene rings is 2. The van der Waals surface area contributed by atoms with Gasteiger partial charge in [-0.05, 0) is 23.8 Å². The van der Waals surface area contributed by atoms with Crippen molar-refractivity contribution in [2.45, 2.75) is 6.73 Å². The van der Waals surface area contributed by atoms with Crippen LogP contribution in [-0.4, -0.2) is 22.6 Å². The van der Waals surface area contributed by atoms with Crippen molar-refractivity contribution in [1.29, 1.82) is 0 Å². The number of imidazole rings is 1. The van der Waals surface area contributed by atoms with Gasteiger partial charge in [0.1, 0.15) is 11.6 Å². The molecule has 0 atom stereocenters. The van der Waals surface area contributed by atoms with Gasteiger partial charge in [-0.15, -0.1) is 0 Å². The van der Waals surface area contributed by atoms with Crippen molar-refractivity contribution in [3.8, 4) is 28.4 Å². The van der Waals surface area contributed by atoms with Crippen molar-refractivity contribution in [2.75, 3.05) is 7.11 Å². The zero-order valence-corrected chi connectivity index (χ0v) is 12.5. The summed E-state index contributed by atoms with van der Waals surface area (Å²) >= 11 is 0. The number of hydrogen-bond acceptors (Lipinski definition) is 4. The van der Waals surface area contributed by atoms with E-state index in [1.165, 1.54) is 7.11 Å². The van der Waals surface area contributed by atoms with Gasteiger partial charge in [0, 0.05) is 0 Å². The Hall–Kier alpha value is -3.08. The molecule has 0 saturated carbocycles. The second-order valence-electron chi connectivity index (χ2n) is 5.24. The molecule has 1 aliphatic heterocycles. The van der Waals surface area contributed by atoms with E-state index in [0.717, 1.165) is 28.4 Å². The number of ether oxygens (including phenoxy) is 2. The molecule has 0 unspecified atom stereocenters. The average Bonchev–Trinajstić information content (AvgIpc) is 3.06. The van der Waals surface area contributed by atoms with Crippen LogP contribution in [0.4, 0.5) is 0 Å². The molecule has 0 spiro atoms. The predicted octanol–water partition coefficient (Wildman–Crippen LogP) is 3.35. The first-order chi connectivity index (χ1) is 11.3. The molecule has 4 rings (SSSR count). The summed E-state index contributed by atoms with van der Waals surface area (Å²) in [6.07, 6.45) is 1.83. The summed E-state index contributed by atoms with van der Waals surface area (Å²) in [4.78, 5) is 16.3. The minimum Gasteiger partial charge on any atom is -0.472 e. The molecule has 0 fully saturated rings. The van der Waals surface area contributed by atoms with Gasteiger partial charge in [-0.1, -0.05) is 30.3 Å². The Labute approximate surface area is 133 Å². The minimum absolute atomic E-state index is 0.375. The Kier molecular flexibility index (Phi) is 3.12. The second kappa shape index (κ2) is 5.28. The fourth-order valence-corrected chi connectivity index (χ4v) is 2.77. The van der Waals surface area contributed by atoms with Crippen LogP contribution in [0, 0.1) is 0 Å². The maximum atomic E-state index is 11.7. The maximum Gasteiger partial charge on any atom is 0.337 e. The molecule has 2 heterocycles. The van der Waals surface area contributed by atoms with E-state index in [-0.39, 0.29) is 5.97 Å². The lowest BCUT2D eigenvalue weighted by Crippen LogP contribution is -2.14. The van der Waals surface area contributed by atoms with Crippen molar-refractivity contribution in [1.82, 2.24) is 9.55 Å². The van der Waals surface area contributed by atoms with Gasteiger partial charge in [0.25, 0.3) is 0 Å². The predicted molar refractivity (Wildman–Crippen MR) is 85.1 cm³/mol. The van der Waals surface area contributed by atoms with Crippen molar-refractivity contribution < 1.29 is 14.3 Å². The van der Waals surface area contributed by atoms with Gasteiger partial charge in [0.05, 0.1) is 30.1 Å². The van der Waals surface area contributed by atoms with E-state index >= 15 is 0 Å². The molecular formula is C18H14N2O3. The van der Waals surface area contributed by atoms with Crippen molar-refractivity contribution in [3.63, 3.8) is 0 Å². The Morgan fingerprint density at radius 2 is 2.04 bits per heavy atom. The Morgan fingerprint density at radius 1 is 1.22 bits per heavy atom. The number of fused-ring (bicyclic) bond motifs is 3. The molecule has 0 saturated heterocycles. The largest absolute Gasteiger partial charge is 0.472 e. The monoisotopic (exact) mass is 306 g/mol.